The quantitative estimate of drug-likeness (QED) is 0.890. The standard InChI is InChI=1S/C18H18FNO3/c1-13-11-15(19)7-8-16(13)18(23)20(10-9-17(21)22)12-14-5-3-2-4-6-14/h2-8,11H,9-10,12H2,1H3,(H,21,22). The van der Waals surface area contributed by atoms with Gasteiger partial charge in [0, 0.05) is 18.7 Å². The molecular weight excluding hydrogens is 297 g/mol. The summed E-state index contributed by atoms with van der Waals surface area (Å²) in [6.07, 6.45) is -0.140. The third-order valence-electron chi connectivity index (χ3n) is 3.52. The number of aliphatic carboxylic acids is 1. The molecule has 0 heterocycles. The van der Waals surface area contributed by atoms with Gasteiger partial charge in [-0.3, -0.25) is 9.59 Å². The van der Waals surface area contributed by atoms with Crippen molar-refractivity contribution in [1.82, 2.24) is 4.90 Å². The molecule has 0 bridgehead atoms. The van der Waals surface area contributed by atoms with Crippen molar-refractivity contribution in [3.8, 4) is 0 Å². The van der Waals surface area contributed by atoms with E-state index in [0.29, 0.717) is 17.7 Å². The molecule has 5 heteroatoms. The first-order chi connectivity index (χ1) is 11.0. The normalized spacial score (nSPS) is 10.3. The molecule has 0 radical (unpaired) electrons. The molecule has 0 aromatic heterocycles. The van der Waals surface area contributed by atoms with E-state index >= 15 is 0 Å². The van der Waals surface area contributed by atoms with Gasteiger partial charge in [0.05, 0.1) is 6.42 Å². The van der Waals surface area contributed by atoms with Crippen molar-refractivity contribution in [2.24, 2.45) is 0 Å². The van der Waals surface area contributed by atoms with Crippen molar-refractivity contribution in [2.75, 3.05) is 6.54 Å². The maximum atomic E-state index is 13.2. The number of halogens is 1. The molecule has 2 aromatic carbocycles. The average Bonchev–Trinajstić information content (AvgIpc) is 2.51. The number of aryl methyl sites for hydroxylation is 1. The Labute approximate surface area is 134 Å². The Morgan fingerprint density at radius 3 is 2.43 bits per heavy atom. The van der Waals surface area contributed by atoms with Crippen molar-refractivity contribution in [3.63, 3.8) is 0 Å². The molecule has 23 heavy (non-hydrogen) atoms. The molecule has 0 aliphatic rings. The first-order valence-corrected chi connectivity index (χ1v) is 7.28. The number of hydrogen-bond donors (Lipinski definition) is 1. The molecule has 0 aliphatic heterocycles. The van der Waals surface area contributed by atoms with E-state index in [-0.39, 0.29) is 18.9 Å². The van der Waals surface area contributed by atoms with E-state index in [1.54, 1.807) is 6.92 Å². The van der Waals surface area contributed by atoms with Crippen LogP contribution in [-0.4, -0.2) is 28.4 Å². The second-order valence-corrected chi connectivity index (χ2v) is 5.32. The first-order valence-electron chi connectivity index (χ1n) is 7.28. The minimum atomic E-state index is -0.966. The number of hydrogen-bond acceptors (Lipinski definition) is 2. The predicted octanol–water partition coefficient (Wildman–Crippen LogP) is 3.25. The second kappa shape index (κ2) is 7.54. The van der Waals surface area contributed by atoms with Crippen LogP contribution >= 0.6 is 0 Å². The van der Waals surface area contributed by atoms with E-state index in [1.165, 1.54) is 23.1 Å². The van der Waals surface area contributed by atoms with Gasteiger partial charge in [-0.25, -0.2) is 4.39 Å². The van der Waals surface area contributed by atoms with Crippen LogP contribution in [-0.2, 0) is 11.3 Å². The fourth-order valence-corrected chi connectivity index (χ4v) is 2.32. The number of benzene rings is 2. The number of carbonyl (C=O) groups is 2. The Morgan fingerprint density at radius 1 is 1.13 bits per heavy atom. The molecule has 0 fully saturated rings. The summed E-state index contributed by atoms with van der Waals surface area (Å²) in [5.74, 6) is -1.67. The zero-order chi connectivity index (χ0) is 16.8. The van der Waals surface area contributed by atoms with E-state index in [2.05, 4.69) is 0 Å². The zero-order valence-corrected chi connectivity index (χ0v) is 12.8. The summed E-state index contributed by atoms with van der Waals surface area (Å²) in [6, 6.07) is 13.3. The lowest BCUT2D eigenvalue weighted by Crippen LogP contribution is -2.33. The first kappa shape index (κ1) is 16.7. The van der Waals surface area contributed by atoms with Crippen LogP contribution < -0.4 is 0 Å². The lowest BCUT2D eigenvalue weighted by Gasteiger charge is -2.23. The molecule has 120 valence electrons. The van der Waals surface area contributed by atoms with E-state index in [9.17, 15) is 14.0 Å². The topological polar surface area (TPSA) is 57.6 Å². The fraction of sp³-hybridized carbons (Fsp3) is 0.222. The Kier molecular flexibility index (Phi) is 5.46. The van der Waals surface area contributed by atoms with Crippen molar-refractivity contribution in [1.29, 1.82) is 0 Å². The fourth-order valence-electron chi connectivity index (χ4n) is 2.32. The Morgan fingerprint density at radius 2 is 1.83 bits per heavy atom. The highest BCUT2D eigenvalue weighted by atomic mass is 19.1. The van der Waals surface area contributed by atoms with Gasteiger partial charge < -0.3 is 10.0 Å². The largest absolute Gasteiger partial charge is 0.481 e. The SMILES string of the molecule is Cc1cc(F)ccc1C(=O)N(CCC(=O)O)Cc1ccccc1. The molecule has 0 aliphatic carbocycles. The smallest absolute Gasteiger partial charge is 0.305 e. The van der Waals surface area contributed by atoms with Crippen molar-refractivity contribution >= 4 is 11.9 Å². The molecule has 1 N–H and O–H groups in total. The predicted molar refractivity (Wildman–Crippen MR) is 84.6 cm³/mol. The van der Waals surface area contributed by atoms with E-state index in [1.807, 2.05) is 30.3 Å². The van der Waals surface area contributed by atoms with Gasteiger partial charge in [0.1, 0.15) is 5.82 Å². The van der Waals surface area contributed by atoms with Crippen molar-refractivity contribution in [2.45, 2.75) is 19.9 Å². The summed E-state index contributed by atoms with van der Waals surface area (Å²) in [6.45, 7) is 2.07. The minimum Gasteiger partial charge on any atom is -0.481 e. The van der Waals surface area contributed by atoms with Crippen molar-refractivity contribution in [3.05, 3.63) is 71.0 Å². The molecule has 0 saturated carbocycles. The average molecular weight is 315 g/mol. The van der Waals surface area contributed by atoms with E-state index in [0.717, 1.165) is 5.56 Å². The summed E-state index contributed by atoms with van der Waals surface area (Å²) in [7, 11) is 0. The summed E-state index contributed by atoms with van der Waals surface area (Å²) in [5.41, 5.74) is 1.82. The molecular formula is C18H18FNO3. The van der Waals surface area contributed by atoms with Crippen LogP contribution in [0.15, 0.2) is 48.5 Å². The van der Waals surface area contributed by atoms with Crippen LogP contribution in [0.25, 0.3) is 0 Å². The molecule has 2 aromatic rings. The Balaban J connectivity index is 2.24. The number of carbonyl (C=O) groups excluding carboxylic acids is 1. The molecule has 0 spiro atoms. The highest BCUT2D eigenvalue weighted by Gasteiger charge is 2.19. The van der Waals surface area contributed by atoms with Crippen LogP contribution in [0.1, 0.15) is 27.9 Å². The van der Waals surface area contributed by atoms with Gasteiger partial charge in [0.15, 0.2) is 0 Å². The van der Waals surface area contributed by atoms with Gasteiger partial charge in [-0.1, -0.05) is 30.3 Å². The van der Waals surface area contributed by atoms with E-state index in [4.69, 9.17) is 5.11 Å². The van der Waals surface area contributed by atoms with Crippen LogP contribution in [0.2, 0.25) is 0 Å². The zero-order valence-electron chi connectivity index (χ0n) is 12.8. The van der Waals surface area contributed by atoms with Gasteiger partial charge in [-0.2, -0.15) is 0 Å². The molecule has 1 amide bonds. The summed E-state index contributed by atoms with van der Waals surface area (Å²) in [4.78, 5) is 25.0. The second-order valence-electron chi connectivity index (χ2n) is 5.32. The highest BCUT2D eigenvalue weighted by Crippen LogP contribution is 2.15. The summed E-state index contributed by atoms with van der Waals surface area (Å²) < 4.78 is 13.2. The third kappa shape index (κ3) is 4.64. The van der Waals surface area contributed by atoms with Crippen molar-refractivity contribution < 1.29 is 19.1 Å². The third-order valence-corrected chi connectivity index (χ3v) is 3.52. The molecule has 0 saturated heterocycles. The highest BCUT2D eigenvalue weighted by molar-refractivity contribution is 5.95. The molecule has 2 rings (SSSR count). The molecule has 0 atom stereocenters. The number of nitrogens with zero attached hydrogens (tertiary/aromatic N) is 1. The van der Waals surface area contributed by atoms with Gasteiger partial charge >= 0.3 is 5.97 Å². The Hall–Kier alpha value is -2.69. The maximum Gasteiger partial charge on any atom is 0.305 e. The lowest BCUT2D eigenvalue weighted by molar-refractivity contribution is -0.137. The van der Waals surface area contributed by atoms with Gasteiger partial charge in [0.2, 0.25) is 0 Å². The van der Waals surface area contributed by atoms with Gasteiger partial charge in [0.25, 0.3) is 5.91 Å². The number of rotatable bonds is 6. The van der Waals surface area contributed by atoms with Crippen LogP contribution in [0.5, 0.6) is 0 Å². The number of carboxylic acid groups (broad SMARTS) is 1. The minimum absolute atomic E-state index is 0.0971. The lowest BCUT2D eigenvalue weighted by atomic mass is 10.1. The van der Waals surface area contributed by atoms with Gasteiger partial charge in [-0.05, 0) is 36.2 Å². The Bertz CT molecular complexity index is 701. The van der Waals surface area contributed by atoms with Gasteiger partial charge in [-0.15, -0.1) is 0 Å². The maximum absolute atomic E-state index is 13.2. The van der Waals surface area contributed by atoms with Crippen LogP contribution in [0.4, 0.5) is 4.39 Å². The van der Waals surface area contributed by atoms with Crippen LogP contribution in [0, 0.1) is 12.7 Å². The van der Waals surface area contributed by atoms with Crippen LogP contribution in [0.3, 0.4) is 0 Å². The van der Waals surface area contributed by atoms with E-state index < -0.39 is 11.8 Å². The summed E-state index contributed by atoms with van der Waals surface area (Å²) in [5, 5.41) is 8.88. The number of carboxylic acids is 1. The monoisotopic (exact) mass is 315 g/mol. The summed E-state index contributed by atoms with van der Waals surface area (Å²) >= 11 is 0. The molecule has 0 unspecified atom stereocenters. The molecule has 4 nitrogen and oxygen atoms in total. The number of amides is 1.